The Morgan fingerprint density at radius 1 is 1.29 bits per heavy atom. The van der Waals surface area contributed by atoms with Gasteiger partial charge in [-0.2, -0.15) is 0 Å². The van der Waals surface area contributed by atoms with Crippen LogP contribution in [0.5, 0.6) is 5.75 Å². The number of ether oxygens (including phenoxy) is 1. The molecule has 0 unspecified atom stereocenters. The van der Waals surface area contributed by atoms with Crippen LogP contribution in [0.4, 0.5) is 0 Å². The van der Waals surface area contributed by atoms with Gasteiger partial charge in [0.2, 0.25) is 0 Å². The molecule has 0 heterocycles. The Labute approximate surface area is 83.5 Å². The third-order valence-electron chi connectivity index (χ3n) is 1.58. The molecule has 78 valence electrons. The number of nitrogens with one attached hydrogen (secondary N) is 1. The highest BCUT2D eigenvalue weighted by molar-refractivity contribution is 5.94. The fourth-order valence-corrected chi connectivity index (χ4v) is 0.887. The zero-order valence-corrected chi connectivity index (χ0v) is 8.57. The lowest BCUT2D eigenvalue weighted by molar-refractivity contribution is 0.0963. The molecule has 1 aromatic carbocycles. The van der Waals surface area contributed by atoms with Crippen molar-refractivity contribution in [3.8, 4) is 5.75 Å². The van der Waals surface area contributed by atoms with Crippen LogP contribution in [0.15, 0.2) is 24.3 Å². The van der Waals surface area contributed by atoms with Crippen LogP contribution in [0.1, 0.15) is 10.4 Å². The van der Waals surface area contributed by atoms with E-state index in [1.807, 2.05) is 0 Å². The van der Waals surface area contributed by atoms with Crippen molar-refractivity contribution in [1.29, 1.82) is 0 Å². The minimum Gasteiger partial charge on any atom is -0.497 e. The first kappa shape index (κ1) is 12.4. The summed E-state index contributed by atoms with van der Waals surface area (Å²) in [7, 11) is 4.20. The quantitative estimate of drug-likeness (QED) is 0.732. The summed E-state index contributed by atoms with van der Waals surface area (Å²) in [5, 5.41) is 9.54. The molecule has 0 radical (unpaired) electrons. The van der Waals surface area contributed by atoms with Crippen LogP contribution in [0, 0.1) is 0 Å². The summed E-state index contributed by atoms with van der Waals surface area (Å²) in [4.78, 5) is 11.1. The van der Waals surface area contributed by atoms with Gasteiger partial charge in [0.25, 0.3) is 5.91 Å². The summed E-state index contributed by atoms with van der Waals surface area (Å²) in [6.07, 6.45) is 0. The Morgan fingerprint density at radius 3 is 2.14 bits per heavy atom. The molecule has 0 bridgehead atoms. The minimum atomic E-state index is -0.0855. The molecule has 1 amide bonds. The molecule has 1 rings (SSSR count). The molecule has 0 aliphatic heterocycles. The first-order chi connectivity index (χ1) is 6.77. The number of amides is 1. The number of rotatable bonds is 2. The van der Waals surface area contributed by atoms with Crippen molar-refractivity contribution in [1.82, 2.24) is 5.32 Å². The SMILES string of the molecule is CNC(=O)c1ccc(OC)cc1.CO. The number of carbonyl (C=O) groups is 1. The van der Waals surface area contributed by atoms with Gasteiger partial charge in [0.15, 0.2) is 0 Å². The first-order valence-corrected chi connectivity index (χ1v) is 4.09. The zero-order valence-electron chi connectivity index (χ0n) is 8.57. The van der Waals surface area contributed by atoms with Gasteiger partial charge in [-0.3, -0.25) is 4.79 Å². The predicted molar refractivity (Wildman–Crippen MR) is 54.5 cm³/mol. The van der Waals surface area contributed by atoms with Crippen molar-refractivity contribution >= 4 is 5.91 Å². The number of methoxy groups -OCH3 is 1. The van der Waals surface area contributed by atoms with Crippen molar-refractivity contribution in [3.05, 3.63) is 29.8 Å². The van der Waals surface area contributed by atoms with Crippen LogP contribution in [-0.4, -0.2) is 32.3 Å². The summed E-state index contributed by atoms with van der Waals surface area (Å²) >= 11 is 0. The van der Waals surface area contributed by atoms with Crippen LogP contribution in [0.2, 0.25) is 0 Å². The van der Waals surface area contributed by atoms with E-state index in [-0.39, 0.29) is 5.91 Å². The van der Waals surface area contributed by atoms with E-state index in [1.54, 1.807) is 38.4 Å². The third kappa shape index (κ3) is 3.45. The van der Waals surface area contributed by atoms with Gasteiger partial charge >= 0.3 is 0 Å². The summed E-state index contributed by atoms with van der Waals surface area (Å²) < 4.78 is 4.95. The Balaban J connectivity index is 0.000000791. The fourth-order valence-electron chi connectivity index (χ4n) is 0.887. The number of hydrogen-bond acceptors (Lipinski definition) is 3. The Morgan fingerprint density at radius 2 is 1.79 bits per heavy atom. The standard InChI is InChI=1S/C9H11NO2.CH4O/c1-10-9(11)7-3-5-8(12-2)6-4-7;1-2/h3-6H,1-2H3,(H,10,11);2H,1H3. The van der Waals surface area contributed by atoms with Crippen LogP contribution in [0.25, 0.3) is 0 Å². The highest BCUT2D eigenvalue weighted by atomic mass is 16.5. The van der Waals surface area contributed by atoms with E-state index in [2.05, 4.69) is 5.32 Å². The molecule has 0 spiro atoms. The molecule has 0 aromatic heterocycles. The molecule has 4 nitrogen and oxygen atoms in total. The highest BCUT2D eigenvalue weighted by Crippen LogP contribution is 2.10. The summed E-state index contributed by atoms with van der Waals surface area (Å²) in [5.41, 5.74) is 0.637. The lowest BCUT2D eigenvalue weighted by Crippen LogP contribution is -2.17. The van der Waals surface area contributed by atoms with Gasteiger partial charge in [-0.05, 0) is 24.3 Å². The van der Waals surface area contributed by atoms with Gasteiger partial charge < -0.3 is 15.2 Å². The molecule has 1 aromatic rings. The molecular weight excluding hydrogens is 182 g/mol. The monoisotopic (exact) mass is 197 g/mol. The lowest BCUT2D eigenvalue weighted by atomic mass is 10.2. The molecule has 0 atom stereocenters. The Kier molecular flexibility index (Phi) is 6.15. The third-order valence-corrected chi connectivity index (χ3v) is 1.58. The van der Waals surface area contributed by atoms with E-state index in [9.17, 15) is 4.79 Å². The van der Waals surface area contributed by atoms with Crippen LogP contribution in [0.3, 0.4) is 0 Å². The summed E-state index contributed by atoms with van der Waals surface area (Å²) in [6, 6.07) is 6.95. The van der Waals surface area contributed by atoms with Gasteiger partial charge in [-0.15, -0.1) is 0 Å². The maximum atomic E-state index is 11.1. The summed E-state index contributed by atoms with van der Waals surface area (Å²) in [5.74, 6) is 0.667. The average Bonchev–Trinajstić information content (AvgIpc) is 2.31. The molecule has 14 heavy (non-hydrogen) atoms. The molecule has 2 N–H and O–H groups in total. The van der Waals surface area contributed by atoms with Gasteiger partial charge in [0.05, 0.1) is 7.11 Å². The average molecular weight is 197 g/mol. The molecule has 0 saturated carbocycles. The molecule has 0 aliphatic rings. The summed E-state index contributed by atoms with van der Waals surface area (Å²) in [6.45, 7) is 0. The molecular formula is C10H15NO3. The number of aliphatic hydroxyl groups is 1. The topological polar surface area (TPSA) is 58.6 Å². The van der Waals surface area contributed by atoms with Crippen LogP contribution >= 0.6 is 0 Å². The van der Waals surface area contributed by atoms with Gasteiger partial charge in [-0.1, -0.05) is 0 Å². The second kappa shape index (κ2) is 6.91. The Hall–Kier alpha value is -1.55. The van der Waals surface area contributed by atoms with Crippen LogP contribution < -0.4 is 10.1 Å². The molecule has 0 saturated heterocycles. The number of benzene rings is 1. The largest absolute Gasteiger partial charge is 0.497 e. The van der Waals surface area contributed by atoms with Crippen molar-refractivity contribution in [3.63, 3.8) is 0 Å². The molecule has 0 aliphatic carbocycles. The molecule has 0 fully saturated rings. The molecule has 4 heteroatoms. The van der Waals surface area contributed by atoms with E-state index >= 15 is 0 Å². The highest BCUT2D eigenvalue weighted by Gasteiger charge is 2.01. The second-order valence-corrected chi connectivity index (χ2v) is 2.31. The smallest absolute Gasteiger partial charge is 0.251 e. The maximum Gasteiger partial charge on any atom is 0.251 e. The van der Waals surface area contributed by atoms with Gasteiger partial charge in [-0.25, -0.2) is 0 Å². The van der Waals surface area contributed by atoms with Crippen molar-refractivity contribution in [2.45, 2.75) is 0 Å². The first-order valence-electron chi connectivity index (χ1n) is 4.09. The number of aliphatic hydroxyl groups excluding tert-OH is 1. The predicted octanol–water partition coefficient (Wildman–Crippen LogP) is 0.663. The maximum absolute atomic E-state index is 11.1. The number of hydrogen-bond donors (Lipinski definition) is 2. The van der Waals surface area contributed by atoms with Crippen LogP contribution in [-0.2, 0) is 0 Å². The second-order valence-electron chi connectivity index (χ2n) is 2.31. The Bertz CT molecular complexity index is 269. The fraction of sp³-hybridized carbons (Fsp3) is 0.300. The van der Waals surface area contributed by atoms with E-state index < -0.39 is 0 Å². The van der Waals surface area contributed by atoms with E-state index in [0.717, 1.165) is 12.9 Å². The van der Waals surface area contributed by atoms with E-state index in [0.29, 0.717) is 5.56 Å². The number of carbonyl (C=O) groups excluding carboxylic acids is 1. The van der Waals surface area contributed by atoms with Gasteiger partial charge in [0, 0.05) is 19.7 Å². The van der Waals surface area contributed by atoms with Gasteiger partial charge in [0.1, 0.15) is 5.75 Å². The van der Waals surface area contributed by atoms with E-state index in [1.165, 1.54) is 0 Å². The minimum absolute atomic E-state index is 0.0855. The van der Waals surface area contributed by atoms with Crippen molar-refractivity contribution in [2.75, 3.05) is 21.3 Å². The van der Waals surface area contributed by atoms with Crippen molar-refractivity contribution < 1.29 is 14.6 Å². The van der Waals surface area contributed by atoms with Crippen molar-refractivity contribution in [2.24, 2.45) is 0 Å². The zero-order chi connectivity index (χ0) is 11.0. The van der Waals surface area contributed by atoms with E-state index in [4.69, 9.17) is 9.84 Å². The lowest BCUT2D eigenvalue weighted by Gasteiger charge is -2.01. The normalized spacial score (nSPS) is 8.29.